The number of alkyl halides is 1. The molecule has 1 aromatic carbocycles. The third-order valence-corrected chi connectivity index (χ3v) is 4.08. The highest BCUT2D eigenvalue weighted by Crippen LogP contribution is 2.29. The van der Waals surface area contributed by atoms with Gasteiger partial charge in [-0.05, 0) is 31.2 Å². The fourth-order valence-corrected chi connectivity index (χ4v) is 2.69. The molecular weight excluding hydrogens is 299 g/mol. The maximum atomic E-state index is 13.6. The van der Waals surface area contributed by atoms with Crippen LogP contribution in [0.25, 0.3) is 10.9 Å². The van der Waals surface area contributed by atoms with Gasteiger partial charge in [-0.2, -0.15) is 0 Å². The first kappa shape index (κ1) is 15.5. The molecule has 1 aliphatic rings. The van der Waals surface area contributed by atoms with Crippen molar-refractivity contribution in [1.82, 2.24) is 10.3 Å². The lowest BCUT2D eigenvalue weighted by molar-refractivity contribution is -0.123. The summed E-state index contributed by atoms with van der Waals surface area (Å²) in [5, 5.41) is 3.45. The van der Waals surface area contributed by atoms with Crippen LogP contribution in [0.5, 0.6) is 11.5 Å². The summed E-state index contributed by atoms with van der Waals surface area (Å²) >= 11 is 0. The Kier molecular flexibility index (Phi) is 4.32. The van der Waals surface area contributed by atoms with E-state index in [1.54, 1.807) is 19.2 Å². The van der Waals surface area contributed by atoms with Crippen LogP contribution in [0.1, 0.15) is 13.8 Å². The van der Waals surface area contributed by atoms with Crippen LogP contribution in [-0.2, 0) is 4.79 Å². The van der Waals surface area contributed by atoms with Gasteiger partial charge in [0.25, 0.3) is 5.91 Å². The second-order valence-corrected chi connectivity index (χ2v) is 5.61. The molecule has 1 N–H and O–H groups in total. The average molecular weight is 318 g/mol. The molecule has 0 unspecified atom stereocenters. The third-order valence-electron chi connectivity index (χ3n) is 4.08. The standard InChI is InChI=1S/C17H19FN2O3/c1-3-22-11-4-5-13-12(8-11)15(6-7-19-13)23-9-14-10(2)16(18)17(21)20-14/h4-8,10,14,16H,3,9H2,1-2H3,(H,20,21)/t10-,14+,16-/m0/s1. The Balaban J connectivity index is 1.80. The van der Waals surface area contributed by atoms with Crippen molar-refractivity contribution in [2.45, 2.75) is 26.1 Å². The van der Waals surface area contributed by atoms with E-state index < -0.39 is 18.0 Å². The Labute approximate surface area is 133 Å². The third kappa shape index (κ3) is 3.06. The molecule has 0 aliphatic carbocycles. The van der Waals surface area contributed by atoms with E-state index in [9.17, 15) is 9.18 Å². The zero-order valence-electron chi connectivity index (χ0n) is 13.1. The number of fused-ring (bicyclic) bond motifs is 1. The van der Waals surface area contributed by atoms with Crippen LogP contribution in [0, 0.1) is 5.92 Å². The smallest absolute Gasteiger partial charge is 0.255 e. The number of nitrogens with one attached hydrogen (secondary N) is 1. The molecule has 6 heteroatoms. The minimum atomic E-state index is -1.47. The number of rotatable bonds is 5. The summed E-state index contributed by atoms with van der Waals surface area (Å²) in [5.41, 5.74) is 0.790. The molecule has 0 saturated carbocycles. The maximum Gasteiger partial charge on any atom is 0.255 e. The fourth-order valence-electron chi connectivity index (χ4n) is 2.69. The van der Waals surface area contributed by atoms with Crippen LogP contribution in [-0.4, -0.2) is 36.3 Å². The Morgan fingerprint density at radius 2 is 2.13 bits per heavy atom. The van der Waals surface area contributed by atoms with Gasteiger partial charge in [-0.3, -0.25) is 9.78 Å². The summed E-state index contributed by atoms with van der Waals surface area (Å²) in [5.74, 6) is 0.406. The number of halogens is 1. The summed E-state index contributed by atoms with van der Waals surface area (Å²) in [4.78, 5) is 15.7. The number of carbonyl (C=O) groups is 1. The predicted octanol–water partition coefficient (Wildman–Crippen LogP) is 2.48. The number of benzene rings is 1. The normalized spacial score (nSPS) is 23.8. The highest BCUT2D eigenvalue weighted by Gasteiger charge is 2.39. The number of aromatic nitrogens is 1. The monoisotopic (exact) mass is 318 g/mol. The molecule has 3 rings (SSSR count). The van der Waals surface area contributed by atoms with Crippen molar-refractivity contribution in [1.29, 1.82) is 0 Å². The molecule has 1 aromatic heterocycles. The van der Waals surface area contributed by atoms with Crippen molar-refractivity contribution in [3.63, 3.8) is 0 Å². The van der Waals surface area contributed by atoms with Gasteiger partial charge in [-0.15, -0.1) is 0 Å². The van der Waals surface area contributed by atoms with Crippen molar-refractivity contribution in [2.24, 2.45) is 5.92 Å². The lowest BCUT2D eigenvalue weighted by Gasteiger charge is -2.17. The minimum absolute atomic E-state index is 0.214. The Bertz CT molecular complexity index is 722. The summed E-state index contributed by atoms with van der Waals surface area (Å²) in [6.45, 7) is 4.41. The van der Waals surface area contributed by atoms with Crippen LogP contribution < -0.4 is 14.8 Å². The van der Waals surface area contributed by atoms with Gasteiger partial charge < -0.3 is 14.8 Å². The Morgan fingerprint density at radius 1 is 1.30 bits per heavy atom. The van der Waals surface area contributed by atoms with E-state index in [4.69, 9.17) is 9.47 Å². The highest BCUT2D eigenvalue weighted by atomic mass is 19.1. The van der Waals surface area contributed by atoms with E-state index in [-0.39, 0.29) is 12.6 Å². The number of hydrogen-bond donors (Lipinski definition) is 1. The van der Waals surface area contributed by atoms with Crippen molar-refractivity contribution >= 4 is 16.8 Å². The molecule has 23 heavy (non-hydrogen) atoms. The number of nitrogens with zero attached hydrogens (tertiary/aromatic N) is 1. The van der Waals surface area contributed by atoms with E-state index in [0.717, 1.165) is 16.7 Å². The molecular formula is C17H19FN2O3. The van der Waals surface area contributed by atoms with Gasteiger partial charge in [0.1, 0.15) is 18.1 Å². The van der Waals surface area contributed by atoms with Crippen molar-refractivity contribution in [2.75, 3.05) is 13.2 Å². The molecule has 5 nitrogen and oxygen atoms in total. The van der Waals surface area contributed by atoms with E-state index in [0.29, 0.717) is 12.4 Å². The molecule has 0 bridgehead atoms. The van der Waals surface area contributed by atoms with Crippen molar-refractivity contribution in [3.8, 4) is 11.5 Å². The molecule has 1 amide bonds. The topological polar surface area (TPSA) is 60.5 Å². The summed E-state index contributed by atoms with van der Waals surface area (Å²) in [6, 6.07) is 7.01. The molecule has 1 aliphatic heterocycles. The molecule has 2 heterocycles. The van der Waals surface area contributed by atoms with Gasteiger partial charge in [0, 0.05) is 17.5 Å². The summed E-state index contributed by atoms with van der Waals surface area (Å²) in [7, 11) is 0. The van der Waals surface area contributed by atoms with E-state index in [1.807, 2.05) is 25.1 Å². The number of carbonyl (C=O) groups excluding carboxylic acids is 1. The fraction of sp³-hybridized carbons (Fsp3) is 0.412. The first-order valence-electron chi connectivity index (χ1n) is 7.69. The average Bonchev–Trinajstić information content (AvgIpc) is 2.80. The molecule has 3 atom stereocenters. The SMILES string of the molecule is CCOc1ccc2nccc(OC[C@H]3NC(=O)[C@@H](F)[C@H]3C)c2c1. The van der Waals surface area contributed by atoms with Gasteiger partial charge in [0.05, 0.1) is 18.2 Å². The first-order chi connectivity index (χ1) is 11.1. The molecule has 0 radical (unpaired) electrons. The van der Waals surface area contributed by atoms with Crippen LogP contribution in [0.4, 0.5) is 4.39 Å². The van der Waals surface area contributed by atoms with E-state index in [1.165, 1.54) is 0 Å². The van der Waals surface area contributed by atoms with Crippen LogP contribution in [0.15, 0.2) is 30.5 Å². The lowest BCUT2D eigenvalue weighted by Crippen LogP contribution is -2.34. The van der Waals surface area contributed by atoms with Crippen LogP contribution in [0.2, 0.25) is 0 Å². The van der Waals surface area contributed by atoms with Crippen molar-refractivity contribution in [3.05, 3.63) is 30.5 Å². The van der Waals surface area contributed by atoms with Crippen LogP contribution >= 0.6 is 0 Å². The predicted molar refractivity (Wildman–Crippen MR) is 84.4 cm³/mol. The van der Waals surface area contributed by atoms with E-state index >= 15 is 0 Å². The first-order valence-corrected chi connectivity index (χ1v) is 7.69. The largest absolute Gasteiger partial charge is 0.494 e. The lowest BCUT2D eigenvalue weighted by atomic mass is 10.0. The van der Waals surface area contributed by atoms with Gasteiger partial charge >= 0.3 is 0 Å². The van der Waals surface area contributed by atoms with Gasteiger partial charge in [0.15, 0.2) is 6.17 Å². The zero-order chi connectivity index (χ0) is 16.4. The quantitative estimate of drug-likeness (QED) is 0.920. The van der Waals surface area contributed by atoms with Gasteiger partial charge in [-0.1, -0.05) is 6.92 Å². The highest BCUT2D eigenvalue weighted by molar-refractivity contribution is 5.86. The maximum absolute atomic E-state index is 13.6. The molecule has 1 fully saturated rings. The zero-order valence-corrected chi connectivity index (χ0v) is 13.1. The summed E-state index contributed by atoms with van der Waals surface area (Å²) in [6.07, 6.45) is 0.189. The van der Waals surface area contributed by atoms with E-state index in [2.05, 4.69) is 10.3 Å². The van der Waals surface area contributed by atoms with Crippen molar-refractivity contribution < 1.29 is 18.7 Å². The van der Waals surface area contributed by atoms with Gasteiger partial charge in [0.2, 0.25) is 0 Å². The Hall–Kier alpha value is -2.37. The Morgan fingerprint density at radius 3 is 2.83 bits per heavy atom. The number of amides is 1. The number of ether oxygens (including phenoxy) is 2. The molecule has 0 spiro atoms. The molecule has 1 saturated heterocycles. The van der Waals surface area contributed by atoms with Gasteiger partial charge in [-0.25, -0.2) is 4.39 Å². The number of pyridine rings is 1. The van der Waals surface area contributed by atoms with Crippen LogP contribution in [0.3, 0.4) is 0 Å². The number of hydrogen-bond acceptors (Lipinski definition) is 4. The second kappa shape index (κ2) is 6.40. The minimum Gasteiger partial charge on any atom is -0.494 e. The molecule has 122 valence electrons. The second-order valence-electron chi connectivity index (χ2n) is 5.61. The molecule has 2 aromatic rings. The summed E-state index contributed by atoms with van der Waals surface area (Å²) < 4.78 is 24.9.